The Morgan fingerprint density at radius 1 is 1.17 bits per heavy atom. The number of pyridine rings is 2. The maximum Gasteiger partial charge on any atom is 0.204 e. The highest BCUT2D eigenvalue weighted by Crippen LogP contribution is 2.27. The minimum atomic E-state index is -0.514. The van der Waals surface area contributed by atoms with Gasteiger partial charge in [-0.15, -0.1) is 0 Å². The van der Waals surface area contributed by atoms with Gasteiger partial charge in [0, 0.05) is 19.0 Å². The topological polar surface area (TPSA) is 88.1 Å². The Morgan fingerprint density at radius 3 is 2.75 bits per heavy atom. The summed E-state index contributed by atoms with van der Waals surface area (Å²) in [5.41, 5.74) is 10.3. The summed E-state index contributed by atoms with van der Waals surface area (Å²) in [4.78, 5) is 13.5. The van der Waals surface area contributed by atoms with Crippen LogP contribution in [-0.2, 0) is 9.47 Å². The molecule has 24 heavy (non-hydrogen) atoms. The molecule has 3 rings (SSSR count). The predicted octanol–water partition coefficient (Wildman–Crippen LogP) is 2.24. The smallest absolute Gasteiger partial charge is 0.204 e. The van der Waals surface area contributed by atoms with Crippen LogP contribution in [0.3, 0.4) is 0 Å². The summed E-state index contributed by atoms with van der Waals surface area (Å²) < 4.78 is 12.9. The fourth-order valence-corrected chi connectivity index (χ4v) is 2.60. The van der Waals surface area contributed by atoms with Crippen LogP contribution >= 0.6 is 0 Å². The van der Waals surface area contributed by atoms with Gasteiger partial charge in [-0.3, -0.25) is 9.55 Å². The summed E-state index contributed by atoms with van der Waals surface area (Å²) in [6.07, 6.45) is 1.23. The first-order chi connectivity index (χ1) is 11.6. The highest BCUT2D eigenvalue weighted by molar-refractivity contribution is 5.77. The molecule has 1 unspecified atom stereocenters. The van der Waals surface area contributed by atoms with Crippen molar-refractivity contribution in [3.05, 3.63) is 47.4 Å². The molecule has 1 atom stereocenters. The van der Waals surface area contributed by atoms with Crippen molar-refractivity contribution in [3.8, 4) is 0 Å². The molecule has 0 saturated carbocycles. The van der Waals surface area contributed by atoms with Crippen LogP contribution in [-0.4, -0.2) is 39.8 Å². The number of rotatable bonds is 6. The third kappa shape index (κ3) is 3.08. The van der Waals surface area contributed by atoms with Crippen LogP contribution in [0, 0.1) is 13.8 Å². The van der Waals surface area contributed by atoms with E-state index < -0.39 is 6.23 Å². The minimum Gasteiger partial charge on any atom is -0.382 e. The molecule has 0 spiro atoms. The first-order valence-corrected chi connectivity index (χ1v) is 7.75. The Labute approximate surface area is 140 Å². The van der Waals surface area contributed by atoms with Gasteiger partial charge in [-0.2, -0.15) is 0 Å². The van der Waals surface area contributed by atoms with Gasteiger partial charge >= 0.3 is 0 Å². The number of nitrogens with zero attached hydrogens (tertiary/aromatic N) is 4. The number of methoxy groups -OCH3 is 1. The van der Waals surface area contributed by atoms with Crippen molar-refractivity contribution in [2.75, 3.05) is 26.1 Å². The number of ether oxygens (including phenoxy) is 2. The SMILES string of the molecule is COCCOC(c1cccc(C)n1)n1c(N)nc2c(C)ccnc21. The lowest BCUT2D eigenvalue weighted by Gasteiger charge is -2.20. The number of aryl methyl sites for hydroxylation is 2. The van der Waals surface area contributed by atoms with Gasteiger partial charge in [-0.25, -0.2) is 9.97 Å². The molecule has 0 radical (unpaired) electrons. The molecule has 3 aromatic heterocycles. The molecule has 0 bridgehead atoms. The quantitative estimate of drug-likeness (QED) is 0.699. The molecule has 0 aliphatic rings. The van der Waals surface area contributed by atoms with E-state index in [9.17, 15) is 0 Å². The van der Waals surface area contributed by atoms with E-state index in [1.807, 2.05) is 38.1 Å². The molecule has 0 aromatic carbocycles. The van der Waals surface area contributed by atoms with Crippen molar-refractivity contribution in [1.82, 2.24) is 19.5 Å². The third-order valence-corrected chi connectivity index (χ3v) is 3.77. The van der Waals surface area contributed by atoms with Crippen LogP contribution in [0.5, 0.6) is 0 Å². The fourth-order valence-electron chi connectivity index (χ4n) is 2.60. The van der Waals surface area contributed by atoms with E-state index in [-0.39, 0.29) is 0 Å². The molecule has 7 nitrogen and oxygen atoms in total. The van der Waals surface area contributed by atoms with Crippen LogP contribution in [0.15, 0.2) is 30.5 Å². The first-order valence-electron chi connectivity index (χ1n) is 7.75. The molecule has 0 aliphatic carbocycles. The summed E-state index contributed by atoms with van der Waals surface area (Å²) in [6.45, 7) is 4.79. The summed E-state index contributed by atoms with van der Waals surface area (Å²) in [5, 5.41) is 0. The molecule has 3 aromatic rings. The maximum absolute atomic E-state index is 6.18. The standard InChI is InChI=1S/C17H21N5O2/c1-11-7-8-19-15-14(11)21-17(18)22(15)16(24-10-9-23-3)13-6-4-5-12(2)20-13/h4-8,16H,9-10H2,1-3H3,(H2,18,21). The van der Waals surface area contributed by atoms with E-state index in [4.69, 9.17) is 15.2 Å². The molecular weight excluding hydrogens is 306 g/mol. The summed E-state index contributed by atoms with van der Waals surface area (Å²) in [7, 11) is 1.63. The molecular formula is C17H21N5O2. The lowest BCUT2D eigenvalue weighted by molar-refractivity contribution is 0.00172. The van der Waals surface area contributed by atoms with Crippen molar-refractivity contribution < 1.29 is 9.47 Å². The zero-order valence-corrected chi connectivity index (χ0v) is 14.1. The number of fused-ring (bicyclic) bond motifs is 1. The monoisotopic (exact) mass is 327 g/mol. The molecule has 2 N–H and O–H groups in total. The van der Waals surface area contributed by atoms with Gasteiger partial charge in [0.05, 0.1) is 18.9 Å². The molecule has 0 amide bonds. The van der Waals surface area contributed by atoms with E-state index in [1.165, 1.54) is 0 Å². The Balaban J connectivity index is 2.11. The lowest BCUT2D eigenvalue weighted by Crippen LogP contribution is -2.20. The number of nitrogen functional groups attached to an aromatic ring is 1. The summed E-state index contributed by atoms with van der Waals surface area (Å²) in [5.74, 6) is 0.345. The summed E-state index contributed by atoms with van der Waals surface area (Å²) in [6, 6.07) is 7.70. The van der Waals surface area contributed by atoms with Crippen LogP contribution in [0.25, 0.3) is 11.2 Å². The zero-order chi connectivity index (χ0) is 17.1. The largest absolute Gasteiger partial charge is 0.382 e. The predicted molar refractivity (Wildman–Crippen MR) is 91.6 cm³/mol. The maximum atomic E-state index is 6.18. The van der Waals surface area contributed by atoms with Gasteiger partial charge in [0.25, 0.3) is 0 Å². The first kappa shape index (κ1) is 16.4. The highest BCUT2D eigenvalue weighted by atomic mass is 16.5. The van der Waals surface area contributed by atoms with Crippen LogP contribution in [0.4, 0.5) is 5.95 Å². The zero-order valence-electron chi connectivity index (χ0n) is 14.1. The molecule has 0 fully saturated rings. The van der Waals surface area contributed by atoms with Crippen molar-refractivity contribution in [2.45, 2.75) is 20.1 Å². The number of aromatic nitrogens is 4. The Bertz CT molecular complexity index is 846. The van der Waals surface area contributed by atoms with Crippen molar-refractivity contribution in [1.29, 1.82) is 0 Å². The average molecular weight is 327 g/mol. The third-order valence-electron chi connectivity index (χ3n) is 3.77. The van der Waals surface area contributed by atoms with E-state index >= 15 is 0 Å². The van der Waals surface area contributed by atoms with Crippen LogP contribution in [0.1, 0.15) is 23.2 Å². The normalized spacial score (nSPS) is 12.6. The van der Waals surface area contributed by atoms with E-state index in [1.54, 1.807) is 17.9 Å². The Kier molecular flexibility index (Phi) is 4.73. The second-order valence-electron chi connectivity index (χ2n) is 5.56. The number of nitrogens with two attached hydrogens (primary N) is 1. The van der Waals surface area contributed by atoms with Gasteiger partial charge in [0.2, 0.25) is 5.95 Å². The van der Waals surface area contributed by atoms with Crippen LogP contribution < -0.4 is 5.73 Å². The van der Waals surface area contributed by atoms with E-state index in [0.29, 0.717) is 24.8 Å². The number of imidazole rings is 1. The minimum absolute atomic E-state index is 0.345. The highest BCUT2D eigenvalue weighted by Gasteiger charge is 2.23. The summed E-state index contributed by atoms with van der Waals surface area (Å²) >= 11 is 0. The van der Waals surface area contributed by atoms with Gasteiger partial charge < -0.3 is 15.2 Å². The van der Waals surface area contributed by atoms with Crippen LogP contribution in [0.2, 0.25) is 0 Å². The lowest BCUT2D eigenvalue weighted by atomic mass is 10.2. The van der Waals surface area contributed by atoms with Gasteiger partial charge in [-0.1, -0.05) is 6.07 Å². The fraction of sp³-hybridized carbons (Fsp3) is 0.353. The van der Waals surface area contributed by atoms with Gasteiger partial charge in [0.15, 0.2) is 11.9 Å². The van der Waals surface area contributed by atoms with E-state index in [0.717, 1.165) is 22.5 Å². The molecule has 0 saturated heterocycles. The molecule has 0 aliphatic heterocycles. The average Bonchev–Trinajstić information content (AvgIpc) is 2.89. The van der Waals surface area contributed by atoms with Crippen molar-refractivity contribution in [2.24, 2.45) is 0 Å². The second kappa shape index (κ2) is 6.94. The Morgan fingerprint density at radius 2 is 2.00 bits per heavy atom. The second-order valence-corrected chi connectivity index (χ2v) is 5.56. The van der Waals surface area contributed by atoms with Crippen molar-refractivity contribution >= 4 is 17.1 Å². The number of hydrogen-bond acceptors (Lipinski definition) is 6. The van der Waals surface area contributed by atoms with E-state index in [2.05, 4.69) is 15.0 Å². The van der Waals surface area contributed by atoms with Crippen molar-refractivity contribution in [3.63, 3.8) is 0 Å². The number of anilines is 1. The molecule has 7 heteroatoms. The molecule has 3 heterocycles. The molecule has 126 valence electrons. The van der Waals surface area contributed by atoms with Gasteiger partial charge in [-0.05, 0) is 37.6 Å². The van der Waals surface area contributed by atoms with Gasteiger partial charge in [0.1, 0.15) is 5.52 Å². The Hall–Kier alpha value is -2.51. The number of hydrogen-bond donors (Lipinski definition) is 1.